The van der Waals surface area contributed by atoms with E-state index in [1.807, 2.05) is 0 Å². The van der Waals surface area contributed by atoms with Crippen LogP contribution in [0.5, 0.6) is 11.5 Å². The summed E-state index contributed by atoms with van der Waals surface area (Å²) in [5.74, 6) is 1.16. The quantitative estimate of drug-likeness (QED) is 0.579. The second kappa shape index (κ2) is 5.49. The Kier molecular flexibility index (Phi) is 4.28. The summed E-state index contributed by atoms with van der Waals surface area (Å²) in [7, 11) is 0. The Balaban J connectivity index is 2.54. The van der Waals surface area contributed by atoms with Gasteiger partial charge in [0.1, 0.15) is 17.2 Å². The maximum atomic E-state index is 9.36. The normalized spacial score (nSPS) is 12.4. The fourth-order valence-electron chi connectivity index (χ4n) is 1.47. The molecular weight excluding hydrogens is 190 g/mol. The fourth-order valence-corrected chi connectivity index (χ4v) is 1.47. The second-order valence-electron chi connectivity index (χ2n) is 3.89. The lowest BCUT2D eigenvalue weighted by Gasteiger charge is -2.13. The largest absolute Gasteiger partial charge is 0.506 e. The highest BCUT2D eigenvalue weighted by molar-refractivity contribution is 5.61. The molecule has 1 atom stereocenters. The second-order valence-corrected chi connectivity index (χ2v) is 3.89. The van der Waals surface area contributed by atoms with Crippen molar-refractivity contribution in [2.75, 3.05) is 12.3 Å². The van der Waals surface area contributed by atoms with Gasteiger partial charge in [-0.15, -0.1) is 0 Å². The highest BCUT2D eigenvalue weighted by atomic mass is 16.5. The number of anilines is 1. The van der Waals surface area contributed by atoms with Crippen molar-refractivity contribution in [2.45, 2.75) is 26.7 Å². The number of nitrogens with two attached hydrogens (primary N) is 1. The molecule has 1 aromatic rings. The molecule has 0 aliphatic heterocycles. The minimum Gasteiger partial charge on any atom is -0.506 e. The van der Waals surface area contributed by atoms with Crippen molar-refractivity contribution in [3.8, 4) is 11.5 Å². The zero-order chi connectivity index (χ0) is 11.3. The molecule has 3 nitrogen and oxygen atoms in total. The highest BCUT2D eigenvalue weighted by Gasteiger charge is 2.06. The van der Waals surface area contributed by atoms with Crippen LogP contribution in [0.25, 0.3) is 0 Å². The maximum absolute atomic E-state index is 9.36. The molecule has 1 aromatic carbocycles. The zero-order valence-electron chi connectivity index (χ0n) is 9.36. The summed E-state index contributed by atoms with van der Waals surface area (Å²) < 4.78 is 5.55. The molecule has 0 saturated carbocycles. The van der Waals surface area contributed by atoms with E-state index in [1.54, 1.807) is 18.2 Å². The molecule has 84 valence electrons. The van der Waals surface area contributed by atoms with E-state index < -0.39 is 0 Å². The van der Waals surface area contributed by atoms with E-state index in [1.165, 1.54) is 0 Å². The predicted molar refractivity (Wildman–Crippen MR) is 62.1 cm³/mol. The molecule has 0 bridgehead atoms. The summed E-state index contributed by atoms with van der Waals surface area (Å²) in [5, 5.41) is 9.36. The number of hydrogen-bond acceptors (Lipinski definition) is 3. The monoisotopic (exact) mass is 209 g/mol. The number of hydrogen-bond donors (Lipinski definition) is 2. The van der Waals surface area contributed by atoms with Gasteiger partial charge in [0.2, 0.25) is 0 Å². The van der Waals surface area contributed by atoms with Crippen molar-refractivity contribution in [3.05, 3.63) is 18.2 Å². The standard InChI is InChI=1S/C12H19NO2/c1-3-5-9(2)8-15-11-7-4-6-10(14)12(11)13/h4,6-7,9,14H,3,5,8,13H2,1-2H3. The van der Waals surface area contributed by atoms with Crippen LogP contribution in [-0.4, -0.2) is 11.7 Å². The first kappa shape index (κ1) is 11.7. The van der Waals surface area contributed by atoms with Gasteiger partial charge >= 0.3 is 0 Å². The number of rotatable bonds is 5. The zero-order valence-corrected chi connectivity index (χ0v) is 9.36. The van der Waals surface area contributed by atoms with Crippen LogP contribution >= 0.6 is 0 Å². The van der Waals surface area contributed by atoms with Crippen molar-refractivity contribution in [1.82, 2.24) is 0 Å². The summed E-state index contributed by atoms with van der Waals surface area (Å²) in [5.41, 5.74) is 5.99. The minimum atomic E-state index is 0.0793. The smallest absolute Gasteiger partial charge is 0.146 e. The van der Waals surface area contributed by atoms with E-state index in [-0.39, 0.29) is 5.75 Å². The van der Waals surface area contributed by atoms with Crippen molar-refractivity contribution >= 4 is 5.69 Å². The van der Waals surface area contributed by atoms with Gasteiger partial charge in [0.05, 0.1) is 6.61 Å². The molecule has 3 heteroatoms. The topological polar surface area (TPSA) is 55.5 Å². The molecule has 3 N–H and O–H groups in total. The SMILES string of the molecule is CCCC(C)COc1cccc(O)c1N. The Bertz CT molecular complexity index is 312. The first-order valence-electron chi connectivity index (χ1n) is 5.35. The van der Waals surface area contributed by atoms with Crippen molar-refractivity contribution < 1.29 is 9.84 Å². The molecule has 0 spiro atoms. The van der Waals surface area contributed by atoms with E-state index in [9.17, 15) is 5.11 Å². The van der Waals surface area contributed by atoms with Gasteiger partial charge in [-0.3, -0.25) is 0 Å². The van der Waals surface area contributed by atoms with E-state index in [0.717, 1.165) is 12.8 Å². The van der Waals surface area contributed by atoms with E-state index in [0.29, 0.717) is 24.0 Å². The average molecular weight is 209 g/mol. The van der Waals surface area contributed by atoms with Crippen LogP contribution in [0, 0.1) is 5.92 Å². The predicted octanol–water partition coefficient (Wildman–Crippen LogP) is 2.79. The molecule has 1 unspecified atom stereocenters. The number of ether oxygens (including phenoxy) is 1. The van der Waals surface area contributed by atoms with Gasteiger partial charge in [-0.25, -0.2) is 0 Å². The number of para-hydroxylation sites is 1. The van der Waals surface area contributed by atoms with Gasteiger partial charge in [-0.05, 0) is 24.5 Å². The van der Waals surface area contributed by atoms with Gasteiger partial charge in [0, 0.05) is 0 Å². The van der Waals surface area contributed by atoms with Crippen molar-refractivity contribution in [1.29, 1.82) is 0 Å². The third-order valence-corrected chi connectivity index (χ3v) is 2.35. The number of phenols is 1. The molecule has 0 aliphatic carbocycles. The summed E-state index contributed by atoms with van der Waals surface area (Å²) >= 11 is 0. The molecule has 0 saturated heterocycles. The molecule has 1 rings (SSSR count). The third kappa shape index (κ3) is 3.35. The first-order valence-corrected chi connectivity index (χ1v) is 5.35. The summed E-state index contributed by atoms with van der Waals surface area (Å²) in [4.78, 5) is 0. The molecule has 0 fully saturated rings. The third-order valence-electron chi connectivity index (χ3n) is 2.35. The van der Waals surface area contributed by atoms with E-state index >= 15 is 0 Å². The Labute approximate surface area is 90.9 Å². The Morgan fingerprint density at radius 2 is 2.20 bits per heavy atom. The molecule has 0 radical (unpaired) electrons. The number of nitrogen functional groups attached to an aromatic ring is 1. The Hall–Kier alpha value is -1.38. The molecule has 0 amide bonds. The van der Waals surface area contributed by atoms with Gasteiger partial charge in [-0.2, -0.15) is 0 Å². The number of aromatic hydroxyl groups is 1. The maximum Gasteiger partial charge on any atom is 0.146 e. The van der Waals surface area contributed by atoms with Crippen LogP contribution in [0.4, 0.5) is 5.69 Å². The lowest BCUT2D eigenvalue weighted by Crippen LogP contribution is -2.09. The van der Waals surface area contributed by atoms with Crippen LogP contribution in [0.3, 0.4) is 0 Å². The van der Waals surface area contributed by atoms with Crippen LogP contribution in [-0.2, 0) is 0 Å². The van der Waals surface area contributed by atoms with E-state index in [2.05, 4.69) is 13.8 Å². The Morgan fingerprint density at radius 3 is 2.87 bits per heavy atom. The van der Waals surface area contributed by atoms with Crippen molar-refractivity contribution in [2.24, 2.45) is 5.92 Å². The molecule has 0 aromatic heterocycles. The van der Waals surface area contributed by atoms with Crippen LogP contribution in [0.15, 0.2) is 18.2 Å². The summed E-state index contributed by atoms with van der Waals surface area (Å²) in [6, 6.07) is 5.05. The molecule has 15 heavy (non-hydrogen) atoms. The van der Waals surface area contributed by atoms with Crippen LogP contribution in [0.1, 0.15) is 26.7 Å². The summed E-state index contributed by atoms with van der Waals surface area (Å²) in [6.07, 6.45) is 2.29. The first-order chi connectivity index (χ1) is 7.15. The molecule has 0 aliphatic rings. The van der Waals surface area contributed by atoms with Gasteiger partial charge < -0.3 is 15.6 Å². The summed E-state index contributed by atoms with van der Waals surface area (Å²) in [6.45, 7) is 4.93. The fraction of sp³-hybridized carbons (Fsp3) is 0.500. The lowest BCUT2D eigenvalue weighted by atomic mass is 10.1. The van der Waals surface area contributed by atoms with Gasteiger partial charge in [0.25, 0.3) is 0 Å². The lowest BCUT2D eigenvalue weighted by molar-refractivity contribution is 0.252. The van der Waals surface area contributed by atoms with Gasteiger partial charge in [0.15, 0.2) is 0 Å². The van der Waals surface area contributed by atoms with Crippen LogP contribution < -0.4 is 10.5 Å². The highest BCUT2D eigenvalue weighted by Crippen LogP contribution is 2.30. The van der Waals surface area contributed by atoms with Crippen LogP contribution in [0.2, 0.25) is 0 Å². The van der Waals surface area contributed by atoms with Crippen molar-refractivity contribution in [3.63, 3.8) is 0 Å². The average Bonchev–Trinajstić information content (AvgIpc) is 2.21. The molecule has 0 heterocycles. The van der Waals surface area contributed by atoms with Gasteiger partial charge in [-0.1, -0.05) is 26.3 Å². The Morgan fingerprint density at radius 1 is 1.47 bits per heavy atom. The number of benzene rings is 1. The van der Waals surface area contributed by atoms with E-state index in [4.69, 9.17) is 10.5 Å². The minimum absolute atomic E-state index is 0.0793. The molecular formula is C12H19NO2. The number of phenolic OH excluding ortho intramolecular Hbond substituents is 1.